The lowest BCUT2D eigenvalue weighted by molar-refractivity contribution is 0.0799. The van der Waals surface area contributed by atoms with Gasteiger partial charge in [0.2, 0.25) is 11.9 Å². The van der Waals surface area contributed by atoms with Crippen LogP contribution in [0.5, 0.6) is 0 Å². The van der Waals surface area contributed by atoms with Gasteiger partial charge in [-0.1, -0.05) is 0 Å². The molecular weight excluding hydrogens is 528 g/mol. The molecule has 0 radical (unpaired) electrons. The largest absolute Gasteiger partial charge is 0.463 e. The number of benzene rings is 1. The fourth-order valence-electron chi connectivity index (χ4n) is 4.40. The molecule has 0 aliphatic carbocycles. The van der Waals surface area contributed by atoms with E-state index in [-0.39, 0.29) is 23.7 Å². The minimum absolute atomic E-state index is 0.124. The third-order valence-corrected chi connectivity index (χ3v) is 6.54. The molecule has 0 bridgehead atoms. The van der Waals surface area contributed by atoms with Crippen LogP contribution in [0.25, 0.3) is 17.1 Å². The summed E-state index contributed by atoms with van der Waals surface area (Å²) in [5.41, 5.74) is 6.96. The summed E-state index contributed by atoms with van der Waals surface area (Å²) in [4.78, 5) is 25.0. The number of amides is 1. The standard InChI is InChI=1S/C25H29F2N9O4/c26-17-11-18(27)20(10-16(17)23(39)30-13-15(38)14-37)35-7-5-34(6-8-35)4-3-29-25-31-22-12-19(21-2-1-9-40-21)33-36(22)24(28)32-25/h1-2,9-12,15,37-38H,3-8,13-14H2,(H,30,39)(H3,28,29,31,32)/t15-/m1/s1. The molecular formula is C25H29F2N9O4. The van der Waals surface area contributed by atoms with Crippen molar-refractivity contribution in [2.24, 2.45) is 0 Å². The summed E-state index contributed by atoms with van der Waals surface area (Å²) in [6.07, 6.45) is 0.384. The zero-order valence-corrected chi connectivity index (χ0v) is 21.4. The maximum atomic E-state index is 14.6. The summed E-state index contributed by atoms with van der Waals surface area (Å²) >= 11 is 0. The van der Waals surface area contributed by atoms with Crippen LogP contribution < -0.4 is 21.3 Å². The average Bonchev–Trinajstić information content (AvgIpc) is 3.63. The highest BCUT2D eigenvalue weighted by Crippen LogP contribution is 2.25. The van der Waals surface area contributed by atoms with Gasteiger partial charge in [0.25, 0.3) is 5.91 Å². The second kappa shape index (κ2) is 11.8. The van der Waals surface area contributed by atoms with Crippen LogP contribution in [0.3, 0.4) is 0 Å². The number of fused-ring (bicyclic) bond motifs is 1. The van der Waals surface area contributed by atoms with Gasteiger partial charge in [0.1, 0.15) is 17.3 Å². The first-order valence-corrected chi connectivity index (χ1v) is 12.7. The van der Waals surface area contributed by atoms with E-state index in [0.717, 1.165) is 0 Å². The molecule has 1 aliphatic rings. The van der Waals surface area contributed by atoms with Crippen LogP contribution in [0, 0.1) is 11.6 Å². The number of aliphatic hydroxyl groups is 2. The molecule has 6 N–H and O–H groups in total. The highest BCUT2D eigenvalue weighted by Gasteiger charge is 2.23. The van der Waals surface area contributed by atoms with Gasteiger partial charge in [0, 0.05) is 57.9 Å². The number of hydrogen-bond donors (Lipinski definition) is 5. The highest BCUT2D eigenvalue weighted by atomic mass is 19.1. The van der Waals surface area contributed by atoms with Crippen LogP contribution >= 0.6 is 0 Å². The van der Waals surface area contributed by atoms with Gasteiger partial charge in [-0.15, -0.1) is 0 Å². The molecule has 1 fully saturated rings. The van der Waals surface area contributed by atoms with Crippen LogP contribution in [0.1, 0.15) is 10.4 Å². The van der Waals surface area contributed by atoms with E-state index in [1.54, 1.807) is 29.4 Å². The summed E-state index contributed by atoms with van der Waals surface area (Å²) in [6, 6.07) is 7.17. The normalized spacial score (nSPS) is 14.9. The van der Waals surface area contributed by atoms with Crippen LogP contribution in [0.2, 0.25) is 0 Å². The number of nitrogens with one attached hydrogen (secondary N) is 2. The van der Waals surface area contributed by atoms with Crippen molar-refractivity contribution in [3.05, 3.63) is 53.8 Å². The molecule has 0 spiro atoms. The Balaban J connectivity index is 1.15. The number of halogens is 2. The monoisotopic (exact) mass is 557 g/mol. The zero-order chi connectivity index (χ0) is 28.2. The highest BCUT2D eigenvalue weighted by molar-refractivity contribution is 5.95. The molecule has 1 atom stereocenters. The number of carbonyl (C=O) groups is 1. The summed E-state index contributed by atoms with van der Waals surface area (Å²) < 4.78 is 35.7. The number of aliphatic hydroxyl groups excluding tert-OH is 2. The molecule has 13 nitrogen and oxygen atoms in total. The smallest absolute Gasteiger partial charge is 0.254 e. The molecule has 1 aliphatic heterocycles. The van der Waals surface area contributed by atoms with E-state index in [9.17, 15) is 18.7 Å². The van der Waals surface area contributed by atoms with Gasteiger partial charge in [0.05, 0.1) is 30.2 Å². The third-order valence-electron chi connectivity index (χ3n) is 6.54. The van der Waals surface area contributed by atoms with Crippen molar-refractivity contribution in [2.75, 3.05) is 68.4 Å². The number of furan rings is 1. The number of carbonyl (C=O) groups excluding carboxylic acids is 1. The van der Waals surface area contributed by atoms with E-state index < -0.39 is 30.3 Å². The predicted molar refractivity (Wildman–Crippen MR) is 142 cm³/mol. The Morgan fingerprint density at radius 2 is 1.95 bits per heavy atom. The number of nitrogens with two attached hydrogens (primary N) is 1. The lowest BCUT2D eigenvalue weighted by atomic mass is 10.1. The Morgan fingerprint density at radius 1 is 1.15 bits per heavy atom. The molecule has 1 aromatic carbocycles. The Bertz CT molecular complexity index is 1470. The second-order valence-corrected chi connectivity index (χ2v) is 9.27. The second-order valence-electron chi connectivity index (χ2n) is 9.27. The molecule has 0 unspecified atom stereocenters. The Morgan fingerprint density at radius 3 is 2.67 bits per heavy atom. The first-order chi connectivity index (χ1) is 19.3. The van der Waals surface area contributed by atoms with Crippen molar-refractivity contribution >= 4 is 29.1 Å². The molecule has 4 aromatic rings. The van der Waals surface area contributed by atoms with E-state index in [0.29, 0.717) is 68.4 Å². The van der Waals surface area contributed by atoms with Crippen LogP contribution in [0.15, 0.2) is 41.0 Å². The maximum absolute atomic E-state index is 14.6. The quantitative estimate of drug-likeness (QED) is 0.185. The van der Waals surface area contributed by atoms with Gasteiger partial charge >= 0.3 is 0 Å². The molecule has 212 valence electrons. The minimum Gasteiger partial charge on any atom is -0.463 e. The summed E-state index contributed by atoms with van der Waals surface area (Å²) in [6.45, 7) is 2.54. The Hall–Kier alpha value is -4.34. The summed E-state index contributed by atoms with van der Waals surface area (Å²) in [5.74, 6) is -1.43. The number of aromatic nitrogens is 4. The van der Waals surface area contributed by atoms with Crippen molar-refractivity contribution in [2.45, 2.75) is 6.10 Å². The third kappa shape index (κ3) is 5.95. The number of piperazine rings is 1. The number of anilines is 3. The van der Waals surface area contributed by atoms with E-state index in [4.69, 9.17) is 15.3 Å². The van der Waals surface area contributed by atoms with Crippen molar-refractivity contribution in [1.29, 1.82) is 0 Å². The minimum atomic E-state index is -1.17. The van der Waals surface area contributed by atoms with E-state index in [2.05, 4.69) is 30.6 Å². The lowest BCUT2D eigenvalue weighted by Gasteiger charge is -2.36. The Kier molecular flexibility index (Phi) is 8.04. The zero-order valence-electron chi connectivity index (χ0n) is 21.4. The van der Waals surface area contributed by atoms with E-state index in [1.807, 2.05) is 0 Å². The fraction of sp³-hybridized carbons (Fsp3) is 0.360. The topological polar surface area (TPSA) is 170 Å². The lowest BCUT2D eigenvalue weighted by Crippen LogP contribution is -2.48. The first kappa shape index (κ1) is 27.2. The summed E-state index contributed by atoms with van der Waals surface area (Å²) in [7, 11) is 0. The van der Waals surface area contributed by atoms with Gasteiger partial charge in [-0.2, -0.15) is 19.6 Å². The first-order valence-electron chi connectivity index (χ1n) is 12.7. The number of nitrogen functional groups attached to an aromatic ring is 1. The SMILES string of the molecule is Nc1nc(NCCN2CCN(c3cc(C(=O)NC[C@@H](O)CO)c(F)cc3F)CC2)nc2cc(-c3ccco3)nn12. The van der Waals surface area contributed by atoms with Gasteiger partial charge in [-0.3, -0.25) is 9.69 Å². The molecule has 3 aromatic heterocycles. The predicted octanol–water partition coefficient (Wildman–Crippen LogP) is 0.562. The molecule has 40 heavy (non-hydrogen) atoms. The Labute approximate surface area is 227 Å². The number of nitrogens with zero attached hydrogens (tertiary/aromatic N) is 6. The van der Waals surface area contributed by atoms with Crippen molar-refractivity contribution in [3.8, 4) is 11.5 Å². The fourth-order valence-corrected chi connectivity index (χ4v) is 4.40. The van der Waals surface area contributed by atoms with Crippen LogP contribution in [-0.2, 0) is 0 Å². The van der Waals surface area contributed by atoms with E-state index in [1.165, 1.54) is 10.6 Å². The van der Waals surface area contributed by atoms with Gasteiger partial charge < -0.3 is 35.9 Å². The summed E-state index contributed by atoms with van der Waals surface area (Å²) in [5, 5.41) is 28.2. The van der Waals surface area contributed by atoms with Crippen molar-refractivity contribution in [1.82, 2.24) is 29.8 Å². The van der Waals surface area contributed by atoms with Crippen LogP contribution in [-0.4, -0.2) is 99.1 Å². The molecule has 1 amide bonds. The maximum Gasteiger partial charge on any atom is 0.254 e. The van der Waals surface area contributed by atoms with Crippen molar-refractivity contribution in [3.63, 3.8) is 0 Å². The van der Waals surface area contributed by atoms with Gasteiger partial charge in [-0.05, 0) is 18.2 Å². The molecule has 0 saturated carbocycles. The average molecular weight is 558 g/mol. The van der Waals surface area contributed by atoms with E-state index >= 15 is 0 Å². The number of hydrogen-bond acceptors (Lipinski definition) is 11. The molecule has 4 heterocycles. The number of rotatable bonds is 10. The molecule has 15 heteroatoms. The molecule has 5 rings (SSSR count). The van der Waals surface area contributed by atoms with Gasteiger partial charge in [-0.25, -0.2) is 8.78 Å². The van der Waals surface area contributed by atoms with Crippen molar-refractivity contribution < 1.29 is 28.2 Å². The molecule has 1 saturated heterocycles. The van der Waals surface area contributed by atoms with Gasteiger partial charge in [0.15, 0.2) is 11.4 Å². The van der Waals surface area contributed by atoms with Crippen LogP contribution in [0.4, 0.5) is 26.4 Å².